The summed E-state index contributed by atoms with van der Waals surface area (Å²) >= 11 is 0. The van der Waals surface area contributed by atoms with E-state index in [0.717, 1.165) is 16.6 Å². The average molecular weight is 229 g/mol. The lowest BCUT2D eigenvalue weighted by Crippen LogP contribution is -2.25. The van der Waals surface area contributed by atoms with Crippen LogP contribution in [0.25, 0.3) is 10.9 Å². The molecule has 3 rings (SSSR count). The highest BCUT2D eigenvalue weighted by atomic mass is 16.4. The second kappa shape index (κ2) is 2.92. The summed E-state index contributed by atoms with van der Waals surface area (Å²) in [5.74, 6) is -0.728. The Morgan fingerprint density at radius 2 is 2.00 bits per heavy atom. The average Bonchev–Trinajstić information content (AvgIpc) is 2.69. The molecule has 2 aromatic rings. The molecule has 1 unspecified atom stereocenters. The number of carboxylic acid groups (broad SMARTS) is 1. The van der Waals surface area contributed by atoms with Gasteiger partial charge in [-0.25, -0.2) is 0 Å². The van der Waals surface area contributed by atoms with Crippen molar-refractivity contribution in [2.75, 3.05) is 0 Å². The Morgan fingerprint density at radius 1 is 1.35 bits per heavy atom. The maximum Gasteiger partial charge on any atom is 0.316 e. The van der Waals surface area contributed by atoms with Gasteiger partial charge in [0.25, 0.3) is 0 Å². The third-order valence-electron chi connectivity index (χ3n) is 4.09. The summed E-state index contributed by atoms with van der Waals surface area (Å²) < 4.78 is 0. The van der Waals surface area contributed by atoms with Crippen LogP contribution in [0.1, 0.15) is 26.0 Å². The summed E-state index contributed by atoms with van der Waals surface area (Å²) in [6.45, 7) is 4.01. The lowest BCUT2D eigenvalue weighted by Gasteiger charge is -2.13. The van der Waals surface area contributed by atoms with E-state index < -0.39 is 11.4 Å². The quantitative estimate of drug-likeness (QED) is 0.831. The van der Waals surface area contributed by atoms with Gasteiger partial charge in [0.05, 0.1) is 0 Å². The van der Waals surface area contributed by atoms with Crippen LogP contribution in [0.4, 0.5) is 0 Å². The van der Waals surface area contributed by atoms with E-state index in [1.165, 1.54) is 0 Å². The van der Waals surface area contributed by atoms with Crippen molar-refractivity contribution in [2.45, 2.75) is 25.7 Å². The monoisotopic (exact) mass is 229 g/mol. The maximum absolute atomic E-state index is 11.6. The number of rotatable bonds is 2. The van der Waals surface area contributed by atoms with Gasteiger partial charge in [0.15, 0.2) is 0 Å². The Hall–Kier alpha value is -1.77. The Morgan fingerprint density at radius 3 is 2.53 bits per heavy atom. The molecule has 1 atom stereocenters. The molecule has 1 aromatic carbocycles. The van der Waals surface area contributed by atoms with Gasteiger partial charge in [0.1, 0.15) is 5.41 Å². The van der Waals surface area contributed by atoms with Gasteiger partial charge in [-0.2, -0.15) is 0 Å². The molecule has 1 aromatic heterocycles. The van der Waals surface area contributed by atoms with E-state index in [1.807, 2.05) is 44.2 Å². The molecule has 1 saturated carbocycles. The number of carbonyl (C=O) groups is 1. The number of H-pyrrole nitrogens is 1. The Labute approximate surface area is 99.5 Å². The molecule has 0 aliphatic heterocycles. The van der Waals surface area contributed by atoms with E-state index in [0.29, 0.717) is 6.42 Å². The van der Waals surface area contributed by atoms with Crippen LogP contribution in [0.15, 0.2) is 30.3 Å². The van der Waals surface area contributed by atoms with E-state index in [2.05, 4.69) is 4.98 Å². The van der Waals surface area contributed by atoms with E-state index in [-0.39, 0.29) is 5.41 Å². The smallest absolute Gasteiger partial charge is 0.316 e. The number of fused-ring (bicyclic) bond motifs is 1. The highest BCUT2D eigenvalue weighted by molar-refractivity contribution is 5.90. The fourth-order valence-electron chi connectivity index (χ4n) is 2.86. The molecular weight excluding hydrogens is 214 g/mol. The minimum atomic E-state index is -0.730. The summed E-state index contributed by atoms with van der Waals surface area (Å²) in [6.07, 6.45) is 0.697. The van der Waals surface area contributed by atoms with Crippen molar-refractivity contribution in [1.29, 1.82) is 0 Å². The topological polar surface area (TPSA) is 53.1 Å². The lowest BCUT2D eigenvalue weighted by atomic mass is 9.92. The van der Waals surface area contributed by atoms with Crippen LogP contribution in [-0.2, 0) is 10.2 Å². The predicted octanol–water partition coefficient (Wildman–Crippen LogP) is 2.92. The molecule has 2 N–H and O–H groups in total. The number of aromatic nitrogens is 1. The molecule has 0 amide bonds. The van der Waals surface area contributed by atoms with E-state index >= 15 is 0 Å². The molecule has 1 fully saturated rings. The van der Waals surface area contributed by atoms with E-state index in [4.69, 9.17) is 0 Å². The zero-order valence-corrected chi connectivity index (χ0v) is 9.95. The van der Waals surface area contributed by atoms with E-state index in [9.17, 15) is 9.90 Å². The first-order chi connectivity index (χ1) is 7.97. The second-order valence-electron chi connectivity index (χ2n) is 5.54. The van der Waals surface area contributed by atoms with Crippen LogP contribution < -0.4 is 0 Å². The SMILES string of the molecule is CC1(C)CC1(C(=O)O)c1cc2ccccc2[nH]1. The normalized spacial score (nSPS) is 26.0. The summed E-state index contributed by atoms with van der Waals surface area (Å²) in [5.41, 5.74) is 0.938. The largest absolute Gasteiger partial charge is 0.481 e. The number of nitrogens with one attached hydrogen (secondary N) is 1. The first-order valence-corrected chi connectivity index (χ1v) is 5.79. The summed E-state index contributed by atoms with van der Waals surface area (Å²) in [7, 11) is 0. The van der Waals surface area contributed by atoms with Crippen LogP contribution in [0.2, 0.25) is 0 Å². The van der Waals surface area contributed by atoms with Crippen molar-refractivity contribution < 1.29 is 9.90 Å². The molecular formula is C14H15NO2. The first kappa shape index (κ1) is 10.4. The van der Waals surface area contributed by atoms with Crippen LogP contribution in [0, 0.1) is 5.41 Å². The predicted molar refractivity (Wildman–Crippen MR) is 66.0 cm³/mol. The molecule has 0 saturated heterocycles. The third kappa shape index (κ3) is 1.19. The Bertz CT molecular complexity index is 578. The Balaban J connectivity index is 2.18. The first-order valence-electron chi connectivity index (χ1n) is 5.79. The molecule has 1 aliphatic rings. The number of carboxylic acids is 1. The minimum Gasteiger partial charge on any atom is -0.481 e. The fourth-order valence-corrected chi connectivity index (χ4v) is 2.86. The zero-order valence-electron chi connectivity index (χ0n) is 9.95. The lowest BCUT2D eigenvalue weighted by molar-refractivity contribution is -0.141. The number of benzene rings is 1. The number of aromatic amines is 1. The minimum absolute atomic E-state index is 0.167. The van der Waals surface area contributed by atoms with Crippen LogP contribution in [0.3, 0.4) is 0 Å². The summed E-state index contributed by atoms with van der Waals surface area (Å²) in [6, 6.07) is 9.86. The van der Waals surface area contributed by atoms with Crippen molar-refractivity contribution in [1.82, 2.24) is 4.98 Å². The van der Waals surface area contributed by atoms with Crippen molar-refractivity contribution >= 4 is 16.9 Å². The molecule has 3 heteroatoms. The Kier molecular flexibility index (Phi) is 1.78. The molecule has 0 radical (unpaired) electrons. The number of aliphatic carboxylic acids is 1. The van der Waals surface area contributed by atoms with Gasteiger partial charge in [-0.1, -0.05) is 32.0 Å². The van der Waals surface area contributed by atoms with Gasteiger partial charge in [-0.15, -0.1) is 0 Å². The molecule has 1 heterocycles. The van der Waals surface area contributed by atoms with Gasteiger partial charge in [0, 0.05) is 11.2 Å². The molecule has 88 valence electrons. The molecule has 17 heavy (non-hydrogen) atoms. The van der Waals surface area contributed by atoms with Gasteiger partial charge in [0.2, 0.25) is 0 Å². The van der Waals surface area contributed by atoms with Crippen LogP contribution >= 0.6 is 0 Å². The van der Waals surface area contributed by atoms with Crippen molar-refractivity contribution in [3.05, 3.63) is 36.0 Å². The van der Waals surface area contributed by atoms with Gasteiger partial charge < -0.3 is 10.1 Å². The van der Waals surface area contributed by atoms with Gasteiger partial charge in [-0.3, -0.25) is 4.79 Å². The molecule has 0 spiro atoms. The molecule has 1 aliphatic carbocycles. The van der Waals surface area contributed by atoms with Crippen molar-refractivity contribution in [3.8, 4) is 0 Å². The van der Waals surface area contributed by atoms with Crippen molar-refractivity contribution in [3.63, 3.8) is 0 Å². The van der Waals surface area contributed by atoms with Crippen molar-refractivity contribution in [2.24, 2.45) is 5.41 Å². The molecule has 0 bridgehead atoms. The highest BCUT2D eigenvalue weighted by Gasteiger charge is 2.68. The zero-order chi connectivity index (χ0) is 12.3. The third-order valence-corrected chi connectivity index (χ3v) is 4.09. The van der Waals surface area contributed by atoms with Crippen LogP contribution in [0.5, 0.6) is 0 Å². The standard InChI is InChI=1S/C14H15NO2/c1-13(2)8-14(13,12(16)17)11-7-9-5-3-4-6-10(9)15-11/h3-7,15H,8H2,1-2H3,(H,16,17). The number of hydrogen-bond donors (Lipinski definition) is 2. The maximum atomic E-state index is 11.6. The summed E-state index contributed by atoms with van der Waals surface area (Å²) in [5, 5.41) is 10.6. The van der Waals surface area contributed by atoms with Crippen LogP contribution in [-0.4, -0.2) is 16.1 Å². The van der Waals surface area contributed by atoms with E-state index in [1.54, 1.807) is 0 Å². The second-order valence-corrected chi connectivity index (χ2v) is 5.54. The van der Waals surface area contributed by atoms with Gasteiger partial charge in [-0.05, 0) is 29.4 Å². The fraction of sp³-hybridized carbons (Fsp3) is 0.357. The summed E-state index contributed by atoms with van der Waals surface area (Å²) in [4.78, 5) is 14.8. The number of hydrogen-bond acceptors (Lipinski definition) is 1. The van der Waals surface area contributed by atoms with Gasteiger partial charge >= 0.3 is 5.97 Å². The number of para-hydroxylation sites is 1. The molecule has 3 nitrogen and oxygen atoms in total. The highest BCUT2D eigenvalue weighted by Crippen LogP contribution is 2.64.